The predicted octanol–water partition coefficient (Wildman–Crippen LogP) is 2.96. The van der Waals surface area contributed by atoms with Crippen LogP contribution in [0.1, 0.15) is 11.1 Å². The number of methoxy groups -OCH3 is 2. The minimum absolute atomic E-state index is 0.187. The van der Waals surface area contributed by atoms with Gasteiger partial charge in [-0.3, -0.25) is 4.79 Å². The molecule has 0 aliphatic heterocycles. The minimum atomic E-state index is -0.223. The van der Waals surface area contributed by atoms with Crippen molar-refractivity contribution in [3.63, 3.8) is 0 Å². The first-order chi connectivity index (χ1) is 12.7. The second kappa shape index (κ2) is 9.88. The third-order valence-electron chi connectivity index (χ3n) is 3.46. The zero-order valence-corrected chi connectivity index (χ0v) is 14.9. The number of rotatable bonds is 9. The number of benzene rings is 2. The Labute approximate surface area is 153 Å². The summed E-state index contributed by atoms with van der Waals surface area (Å²) < 4.78 is 15.8. The number of carbonyl (C=O) groups is 1. The van der Waals surface area contributed by atoms with E-state index in [4.69, 9.17) is 14.2 Å². The Morgan fingerprint density at radius 2 is 1.85 bits per heavy atom. The fraction of sp³-hybridized carbons (Fsp3) is 0.200. The molecule has 0 spiro atoms. The highest BCUT2D eigenvalue weighted by Crippen LogP contribution is 2.27. The molecular formula is C20H22N2O4. The largest absolute Gasteiger partial charge is 0.493 e. The fourth-order valence-corrected chi connectivity index (χ4v) is 2.20. The lowest BCUT2D eigenvalue weighted by molar-refractivity contribution is -0.120. The summed E-state index contributed by atoms with van der Waals surface area (Å²) in [7, 11) is 3.12. The molecule has 136 valence electrons. The molecule has 6 nitrogen and oxygen atoms in total. The maximum atomic E-state index is 12.0. The summed E-state index contributed by atoms with van der Waals surface area (Å²) in [5.74, 6) is 1.73. The Balaban J connectivity index is 1.88. The second-order valence-corrected chi connectivity index (χ2v) is 5.33. The maximum Gasteiger partial charge on any atom is 0.244 e. The number of hydrogen-bond donors (Lipinski definition) is 1. The number of ether oxygens (including phenoxy) is 3. The first-order valence-electron chi connectivity index (χ1n) is 8.03. The lowest BCUT2D eigenvalue weighted by Gasteiger charge is -2.09. The van der Waals surface area contributed by atoms with E-state index in [1.54, 1.807) is 38.6 Å². The molecule has 0 unspecified atom stereocenters. The third kappa shape index (κ3) is 5.66. The summed E-state index contributed by atoms with van der Waals surface area (Å²) >= 11 is 0. The van der Waals surface area contributed by atoms with Crippen LogP contribution in [0.15, 0.2) is 60.2 Å². The van der Waals surface area contributed by atoms with Crippen LogP contribution in [0.4, 0.5) is 0 Å². The van der Waals surface area contributed by atoms with E-state index in [1.807, 2.05) is 30.3 Å². The van der Waals surface area contributed by atoms with Gasteiger partial charge in [0.25, 0.3) is 0 Å². The van der Waals surface area contributed by atoms with Crippen LogP contribution in [0.25, 0.3) is 0 Å². The highest BCUT2D eigenvalue weighted by atomic mass is 16.5. The molecule has 0 heterocycles. The smallest absolute Gasteiger partial charge is 0.244 e. The summed E-state index contributed by atoms with van der Waals surface area (Å²) in [6.45, 7) is 4.06. The standard InChI is InChI=1S/C20H22N2O4/c1-4-11-26-17-8-5-15(6-9-17)14-21-22-20(23)13-16-7-10-18(24-2)19(12-16)25-3/h4-10,12,14H,1,11,13H2,2-3H3,(H,22,23)/b21-14+. The van der Waals surface area contributed by atoms with E-state index in [0.717, 1.165) is 16.9 Å². The molecule has 1 amide bonds. The van der Waals surface area contributed by atoms with Gasteiger partial charge < -0.3 is 14.2 Å². The van der Waals surface area contributed by atoms with Crippen molar-refractivity contribution in [2.45, 2.75) is 6.42 Å². The van der Waals surface area contributed by atoms with Crippen molar-refractivity contribution < 1.29 is 19.0 Å². The zero-order chi connectivity index (χ0) is 18.8. The van der Waals surface area contributed by atoms with Gasteiger partial charge in [0.1, 0.15) is 12.4 Å². The molecule has 0 bridgehead atoms. The van der Waals surface area contributed by atoms with Gasteiger partial charge in [-0.2, -0.15) is 5.10 Å². The lowest BCUT2D eigenvalue weighted by Crippen LogP contribution is -2.19. The van der Waals surface area contributed by atoms with E-state index in [1.165, 1.54) is 0 Å². The van der Waals surface area contributed by atoms with Gasteiger partial charge in [0.05, 0.1) is 26.9 Å². The first kappa shape index (κ1) is 19.1. The predicted molar refractivity (Wildman–Crippen MR) is 101 cm³/mol. The molecule has 0 aliphatic carbocycles. The summed E-state index contributed by atoms with van der Waals surface area (Å²) in [5, 5.41) is 3.97. The van der Waals surface area contributed by atoms with E-state index in [-0.39, 0.29) is 12.3 Å². The number of hydrazone groups is 1. The average Bonchev–Trinajstić information content (AvgIpc) is 2.67. The van der Waals surface area contributed by atoms with Crippen molar-refractivity contribution in [2.75, 3.05) is 20.8 Å². The number of carbonyl (C=O) groups excluding carboxylic acids is 1. The van der Waals surface area contributed by atoms with Gasteiger partial charge in [-0.1, -0.05) is 18.7 Å². The van der Waals surface area contributed by atoms with Crippen LogP contribution >= 0.6 is 0 Å². The molecule has 0 aromatic heterocycles. The third-order valence-corrected chi connectivity index (χ3v) is 3.46. The zero-order valence-electron chi connectivity index (χ0n) is 14.9. The van der Waals surface area contributed by atoms with Crippen LogP contribution in [0.2, 0.25) is 0 Å². The molecule has 0 saturated heterocycles. The van der Waals surface area contributed by atoms with Crippen molar-refractivity contribution in [1.29, 1.82) is 0 Å². The number of hydrogen-bond acceptors (Lipinski definition) is 5. The van der Waals surface area contributed by atoms with Gasteiger partial charge in [-0.05, 0) is 47.5 Å². The summed E-state index contributed by atoms with van der Waals surface area (Å²) in [6.07, 6.45) is 3.44. The summed E-state index contributed by atoms with van der Waals surface area (Å²) in [5.41, 5.74) is 4.16. The SMILES string of the molecule is C=CCOc1ccc(/C=N/NC(=O)Cc2ccc(OC)c(OC)c2)cc1. The Morgan fingerprint density at radius 1 is 1.12 bits per heavy atom. The second-order valence-electron chi connectivity index (χ2n) is 5.33. The molecule has 1 N–H and O–H groups in total. The van der Waals surface area contributed by atoms with Gasteiger partial charge in [0, 0.05) is 0 Å². The summed E-state index contributed by atoms with van der Waals surface area (Å²) in [4.78, 5) is 12.0. The molecule has 0 saturated carbocycles. The molecule has 2 rings (SSSR count). The van der Waals surface area contributed by atoms with Gasteiger partial charge >= 0.3 is 0 Å². The van der Waals surface area contributed by atoms with E-state index >= 15 is 0 Å². The van der Waals surface area contributed by atoms with Crippen LogP contribution in [0.5, 0.6) is 17.2 Å². The average molecular weight is 354 g/mol. The highest BCUT2D eigenvalue weighted by Gasteiger charge is 2.07. The van der Waals surface area contributed by atoms with Crippen LogP contribution in [-0.2, 0) is 11.2 Å². The van der Waals surface area contributed by atoms with Crippen molar-refractivity contribution in [3.05, 3.63) is 66.2 Å². The Hall–Kier alpha value is -3.28. The summed E-state index contributed by atoms with van der Waals surface area (Å²) in [6, 6.07) is 12.7. The molecule has 0 aliphatic rings. The molecule has 2 aromatic carbocycles. The van der Waals surface area contributed by atoms with Crippen LogP contribution < -0.4 is 19.6 Å². The van der Waals surface area contributed by atoms with Crippen molar-refractivity contribution in [2.24, 2.45) is 5.10 Å². The van der Waals surface area contributed by atoms with Crippen LogP contribution in [0.3, 0.4) is 0 Å². The van der Waals surface area contributed by atoms with E-state index < -0.39 is 0 Å². The molecule has 26 heavy (non-hydrogen) atoms. The molecule has 0 radical (unpaired) electrons. The van der Waals surface area contributed by atoms with Gasteiger partial charge in [-0.15, -0.1) is 0 Å². The van der Waals surface area contributed by atoms with Crippen LogP contribution in [0, 0.1) is 0 Å². The van der Waals surface area contributed by atoms with E-state index in [2.05, 4.69) is 17.1 Å². The van der Waals surface area contributed by atoms with Crippen LogP contribution in [-0.4, -0.2) is 32.9 Å². The molecule has 2 aromatic rings. The number of amides is 1. The van der Waals surface area contributed by atoms with Gasteiger partial charge in [-0.25, -0.2) is 5.43 Å². The molecule has 6 heteroatoms. The quantitative estimate of drug-likeness (QED) is 0.427. The number of nitrogens with one attached hydrogen (secondary N) is 1. The topological polar surface area (TPSA) is 69.2 Å². The maximum absolute atomic E-state index is 12.0. The lowest BCUT2D eigenvalue weighted by atomic mass is 10.1. The Kier molecular flexibility index (Phi) is 7.24. The monoisotopic (exact) mass is 354 g/mol. The van der Waals surface area contributed by atoms with Crippen molar-refractivity contribution >= 4 is 12.1 Å². The molecule has 0 fully saturated rings. The van der Waals surface area contributed by atoms with Gasteiger partial charge in [0.15, 0.2) is 11.5 Å². The Bertz CT molecular complexity index is 770. The fourth-order valence-electron chi connectivity index (χ4n) is 2.20. The molecule has 0 atom stereocenters. The van der Waals surface area contributed by atoms with E-state index in [0.29, 0.717) is 18.1 Å². The first-order valence-corrected chi connectivity index (χ1v) is 8.03. The minimum Gasteiger partial charge on any atom is -0.493 e. The highest BCUT2D eigenvalue weighted by molar-refractivity contribution is 5.83. The van der Waals surface area contributed by atoms with Crippen molar-refractivity contribution in [3.8, 4) is 17.2 Å². The normalized spacial score (nSPS) is 10.4. The number of nitrogens with zero attached hydrogens (tertiary/aromatic N) is 1. The van der Waals surface area contributed by atoms with E-state index in [9.17, 15) is 4.79 Å². The molecular weight excluding hydrogens is 332 g/mol. The van der Waals surface area contributed by atoms with Crippen molar-refractivity contribution in [1.82, 2.24) is 5.43 Å². The van der Waals surface area contributed by atoms with Gasteiger partial charge in [0.2, 0.25) is 5.91 Å². The Morgan fingerprint density at radius 3 is 2.50 bits per heavy atom.